The Morgan fingerprint density at radius 3 is 2.35 bits per heavy atom. The molecule has 43 heavy (non-hydrogen) atoms. The summed E-state index contributed by atoms with van der Waals surface area (Å²) in [6.07, 6.45) is 1.89. The smallest absolute Gasteiger partial charge is 0.408 e. The van der Waals surface area contributed by atoms with Crippen LogP contribution in [0.5, 0.6) is 11.5 Å². The summed E-state index contributed by atoms with van der Waals surface area (Å²) in [5, 5.41) is 7.37. The maximum Gasteiger partial charge on any atom is 0.408 e. The molecule has 1 aliphatic rings. The molecular formula is C30H39Cl2N5O6. The number of methoxy groups -OCH3 is 2. The highest BCUT2D eigenvalue weighted by Gasteiger charge is 2.31. The van der Waals surface area contributed by atoms with Crippen molar-refractivity contribution in [1.82, 2.24) is 19.8 Å². The molecule has 0 bridgehead atoms. The number of ether oxygens (including phenoxy) is 4. The van der Waals surface area contributed by atoms with E-state index in [2.05, 4.69) is 20.5 Å². The molecule has 1 aliphatic heterocycles. The van der Waals surface area contributed by atoms with Gasteiger partial charge in [0.05, 0.1) is 60.6 Å². The predicted octanol–water partition coefficient (Wildman–Crippen LogP) is 5.04. The molecule has 11 nitrogen and oxygen atoms in total. The van der Waals surface area contributed by atoms with Crippen molar-refractivity contribution >= 4 is 46.0 Å². The molecule has 2 N–H and O–H groups in total. The van der Waals surface area contributed by atoms with Gasteiger partial charge >= 0.3 is 6.09 Å². The molecule has 2 unspecified atom stereocenters. The third-order valence-electron chi connectivity index (χ3n) is 6.92. The summed E-state index contributed by atoms with van der Waals surface area (Å²) in [4.78, 5) is 33.2. The van der Waals surface area contributed by atoms with Crippen LogP contribution in [0.3, 0.4) is 0 Å². The van der Waals surface area contributed by atoms with Gasteiger partial charge in [-0.05, 0) is 53.9 Å². The molecule has 1 fully saturated rings. The van der Waals surface area contributed by atoms with Crippen molar-refractivity contribution in [1.29, 1.82) is 0 Å². The number of hydrogen-bond donors (Lipinski definition) is 2. The Kier molecular flexibility index (Phi) is 10.3. The van der Waals surface area contributed by atoms with Crippen LogP contribution in [0.1, 0.15) is 27.2 Å². The molecule has 1 saturated heterocycles. The van der Waals surface area contributed by atoms with Crippen LogP contribution in [0.15, 0.2) is 29.2 Å². The normalized spacial score (nSPS) is 16.9. The Balaban J connectivity index is 1.75. The molecule has 2 aromatic heterocycles. The van der Waals surface area contributed by atoms with Crippen molar-refractivity contribution in [2.75, 3.05) is 53.4 Å². The van der Waals surface area contributed by atoms with Crippen LogP contribution in [-0.2, 0) is 16.0 Å². The zero-order valence-corrected chi connectivity index (χ0v) is 27.1. The van der Waals surface area contributed by atoms with Gasteiger partial charge in [0.1, 0.15) is 22.9 Å². The molecular weight excluding hydrogens is 597 g/mol. The number of hydrogen-bond acceptors (Lipinski definition) is 9. The summed E-state index contributed by atoms with van der Waals surface area (Å²) in [7, 11) is 6.94. The van der Waals surface area contributed by atoms with Gasteiger partial charge in [-0.1, -0.05) is 23.2 Å². The zero-order chi connectivity index (χ0) is 31.5. The van der Waals surface area contributed by atoms with Crippen molar-refractivity contribution in [2.24, 2.45) is 0 Å². The number of rotatable bonds is 10. The van der Waals surface area contributed by atoms with Crippen LogP contribution in [0, 0.1) is 0 Å². The van der Waals surface area contributed by atoms with E-state index in [1.807, 2.05) is 40.9 Å². The number of halogens is 2. The number of anilines is 1. The van der Waals surface area contributed by atoms with Crippen LogP contribution in [-0.4, -0.2) is 86.3 Å². The number of nitrogens with zero attached hydrogens (tertiary/aromatic N) is 3. The Morgan fingerprint density at radius 2 is 1.74 bits per heavy atom. The second-order valence-corrected chi connectivity index (χ2v) is 12.4. The van der Waals surface area contributed by atoms with E-state index in [0.717, 1.165) is 13.0 Å². The molecule has 0 spiro atoms. The van der Waals surface area contributed by atoms with E-state index in [1.165, 1.54) is 14.2 Å². The minimum atomic E-state index is -0.619. The Bertz CT molecular complexity index is 1510. The maximum absolute atomic E-state index is 14.1. The highest BCUT2D eigenvalue weighted by molar-refractivity contribution is 6.41. The average Bonchev–Trinajstić information content (AvgIpc) is 3.35. The summed E-state index contributed by atoms with van der Waals surface area (Å²) >= 11 is 13.4. The SMILES string of the molecule is COc1cc(OC)c(Cl)c(-c2cc3cnc(NC4COCC4NC(=O)OC(C)(C)C)cc3n(CCCN(C)C)c2=O)c1Cl. The number of benzene rings is 1. The van der Waals surface area contributed by atoms with E-state index < -0.39 is 11.7 Å². The van der Waals surface area contributed by atoms with Crippen LogP contribution in [0.2, 0.25) is 10.0 Å². The van der Waals surface area contributed by atoms with Gasteiger partial charge in [-0.2, -0.15) is 0 Å². The lowest BCUT2D eigenvalue weighted by molar-refractivity contribution is 0.0497. The van der Waals surface area contributed by atoms with Crippen LogP contribution < -0.4 is 25.7 Å². The Labute approximate surface area is 261 Å². The van der Waals surface area contributed by atoms with E-state index in [9.17, 15) is 9.59 Å². The first-order valence-electron chi connectivity index (χ1n) is 14.0. The van der Waals surface area contributed by atoms with Crippen molar-refractivity contribution in [3.05, 3.63) is 44.8 Å². The molecule has 1 amide bonds. The molecule has 2 atom stereocenters. The lowest BCUT2D eigenvalue weighted by Gasteiger charge is -2.24. The first-order chi connectivity index (χ1) is 20.3. The molecule has 3 aromatic rings. The standard InChI is InChI=1S/C30H39Cl2N5O6/c1-30(2,3)43-29(39)35-20-16-42-15-19(20)34-24-12-21-17(14-33-24)11-18(28(38)37(21)10-8-9-36(4)5)25-26(31)22(40-6)13-23(41-7)27(25)32/h11-14,19-20H,8-10,15-16H2,1-7H3,(H,33,34)(H,35,39). The fourth-order valence-electron chi connectivity index (χ4n) is 4.91. The first kappa shape index (κ1) is 32.7. The summed E-state index contributed by atoms with van der Waals surface area (Å²) in [6, 6.07) is 4.56. The summed E-state index contributed by atoms with van der Waals surface area (Å²) in [5.41, 5.74) is 0.428. The number of aromatic nitrogens is 2. The molecule has 4 rings (SSSR count). The topological polar surface area (TPSA) is 116 Å². The number of carbonyl (C=O) groups is 1. The molecule has 1 aromatic carbocycles. The van der Waals surface area contributed by atoms with Gasteiger partial charge in [0, 0.05) is 35.8 Å². The number of pyridine rings is 2. The number of aryl methyl sites for hydroxylation is 1. The van der Waals surface area contributed by atoms with Crippen molar-refractivity contribution in [2.45, 2.75) is 51.4 Å². The van der Waals surface area contributed by atoms with Gasteiger partial charge in [-0.3, -0.25) is 4.79 Å². The second-order valence-electron chi connectivity index (χ2n) is 11.6. The van der Waals surface area contributed by atoms with Gasteiger partial charge in [0.2, 0.25) is 0 Å². The van der Waals surface area contributed by atoms with Gasteiger partial charge in [0.15, 0.2) is 0 Å². The quantitative estimate of drug-likeness (QED) is 0.316. The minimum absolute atomic E-state index is 0.209. The second kappa shape index (κ2) is 13.6. The monoisotopic (exact) mass is 635 g/mol. The summed E-state index contributed by atoms with van der Waals surface area (Å²) in [5.74, 6) is 1.21. The first-order valence-corrected chi connectivity index (χ1v) is 14.7. The van der Waals surface area contributed by atoms with Crippen molar-refractivity contribution in [3.63, 3.8) is 0 Å². The highest BCUT2D eigenvalue weighted by atomic mass is 35.5. The third-order valence-corrected chi connectivity index (χ3v) is 7.67. The van der Waals surface area contributed by atoms with E-state index >= 15 is 0 Å². The summed E-state index contributed by atoms with van der Waals surface area (Å²) < 4.78 is 23.6. The maximum atomic E-state index is 14.1. The molecule has 0 radical (unpaired) electrons. The highest BCUT2D eigenvalue weighted by Crippen LogP contribution is 2.45. The number of fused-ring (bicyclic) bond motifs is 1. The van der Waals surface area contributed by atoms with Crippen LogP contribution >= 0.6 is 23.2 Å². The predicted molar refractivity (Wildman–Crippen MR) is 169 cm³/mol. The summed E-state index contributed by atoms with van der Waals surface area (Å²) in [6.45, 7) is 7.34. The van der Waals surface area contributed by atoms with Gasteiger partial charge < -0.3 is 39.0 Å². The number of nitrogens with one attached hydrogen (secondary N) is 2. The number of alkyl carbamates (subject to hydrolysis) is 1. The molecule has 0 saturated carbocycles. The van der Waals surface area contributed by atoms with Crippen LogP contribution in [0.4, 0.5) is 10.6 Å². The van der Waals surface area contributed by atoms with E-state index in [-0.39, 0.29) is 27.7 Å². The van der Waals surface area contributed by atoms with Crippen LogP contribution in [0.25, 0.3) is 22.0 Å². The van der Waals surface area contributed by atoms with Gasteiger partial charge in [0.25, 0.3) is 5.56 Å². The van der Waals surface area contributed by atoms with E-state index in [0.29, 0.717) is 59.1 Å². The van der Waals surface area contributed by atoms with Crippen molar-refractivity contribution in [3.8, 4) is 22.6 Å². The average molecular weight is 637 g/mol. The largest absolute Gasteiger partial charge is 0.495 e. The lowest BCUT2D eigenvalue weighted by atomic mass is 10.0. The minimum Gasteiger partial charge on any atom is -0.495 e. The van der Waals surface area contributed by atoms with E-state index in [1.54, 1.807) is 22.9 Å². The molecule has 3 heterocycles. The van der Waals surface area contributed by atoms with E-state index in [4.69, 9.17) is 42.1 Å². The number of amides is 1. The Hall–Kier alpha value is -3.25. The van der Waals surface area contributed by atoms with Crippen molar-refractivity contribution < 1.29 is 23.7 Å². The Morgan fingerprint density at radius 1 is 1.09 bits per heavy atom. The molecule has 234 valence electrons. The van der Waals surface area contributed by atoms with Gasteiger partial charge in [-0.25, -0.2) is 9.78 Å². The molecule has 13 heteroatoms. The third kappa shape index (κ3) is 7.64. The fourth-order valence-corrected chi connectivity index (χ4v) is 5.61. The van der Waals surface area contributed by atoms with Gasteiger partial charge in [-0.15, -0.1) is 0 Å². The zero-order valence-electron chi connectivity index (χ0n) is 25.5. The number of carbonyl (C=O) groups excluding carboxylic acids is 1. The fraction of sp³-hybridized carbons (Fsp3) is 0.500. The lowest BCUT2D eigenvalue weighted by Crippen LogP contribution is -2.47. The molecule has 0 aliphatic carbocycles.